The van der Waals surface area contributed by atoms with Crippen molar-refractivity contribution in [2.45, 2.75) is 13.5 Å². The highest BCUT2D eigenvalue weighted by atomic mass is 32.2. The second-order valence-corrected chi connectivity index (χ2v) is 5.78. The predicted octanol–water partition coefficient (Wildman–Crippen LogP) is 3.93. The highest BCUT2D eigenvalue weighted by Gasteiger charge is 2.01. The fourth-order valence-corrected chi connectivity index (χ4v) is 2.84. The van der Waals surface area contributed by atoms with Gasteiger partial charge >= 0.3 is 0 Å². The topological polar surface area (TPSA) is 12.0 Å². The van der Waals surface area contributed by atoms with E-state index in [0.29, 0.717) is 0 Å². The van der Waals surface area contributed by atoms with Crippen LogP contribution in [-0.2, 0) is 6.54 Å². The molecule has 0 saturated carbocycles. The van der Waals surface area contributed by atoms with Crippen molar-refractivity contribution in [1.29, 1.82) is 0 Å². The first kappa shape index (κ1) is 13.4. The third-order valence-corrected chi connectivity index (χ3v) is 3.99. The summed E-state index contributed by atoms with van der Waals surface area (Å²) < 4.78 is 0. The standard InChI is InChI=1S/C16H21NS/c1-13(12-18-2)10-17-11-14-7-8-15-5-3-4-6-16(15)9-14/h3-9,13,17H,10-12H2,1-2H3. The largest absolute Gasteiger partial charge is 0.312 e. The van der Waals surface area contributed by atoms with Crippen LogP contribution < -0.4 is 5.32 Å². The molecule has 2 heteroatoms. The van der Waals surface area contributed by atoms with E-state index in [1.807, 2.05) is 11.8 Å². The molecule has 0 aliphatic heterocycles. The zero-order valence-electron chi connectivity index (χ0n) is 11.1. The van der Waals surface area contributed by atoms with Crippen LogP contribution in [0.1, 0.15) is 12.5 Å². The van der Waals surface area contributed by atoms with Crippen molar-refractivity contribution in [3.63, 3.8) is 0 Å². The molecule has 1 unspecified atom stereocenters. The number of thioether (sulfide) groups is 1. The van der Waals surface area contributed by atoms with Crippen LogP contribution in [0, 0.1) is 5.92 Å². The summed E-state index contributed by atoms with van der Waals surface area (Å²) in [5.74, 6) is 1.96. The van der Waals surface area contributed by atoms with Gasteiger partial charge in [-0.05, 0) is 46.9 Å². The molecule has 18 heavy (non-hydrogen) atoms. The first-order valence-electron chi connectivity index (χ1n) is 6.47. The molecule has 0 heterocycles. The lowest BCUT2D eigenvalue weighted by molar-refractivity contribution is 0.559. The Balaban J connectivity index is 1.91. The number of rotatable bonds is 6. The van der Waals surface area contributed by atoms with Crippen molar-refractivity contribution in [2.24, 2.45) is 5.92 Å². The molecule has 0 saturated heterocycles. The third-order valence-electron chi connectivity index (χ3n) is 3.09. The maximum absolute atomic E-state index is 3.54. The predicted molar refractivity (Wildman–Crippen MR) is 83.2 cm³/mol. The summed E-state index contributed by atoms with van der Waals surface area (Å²) in [4.78, 5) is 0. The van der Waals surface area contributed by atoms with E-state index >= 15 is 0 Å². The zero-order valence-corrected chi connectivity index (χ0v) is 12.0. The minimum Gasteiger partial charge on any atom is -0.312 e. The van der Waals surface area contributed by atoms with Crippen LogP contribution >= 0.6 is 11.8 Å². The van der Waals surface area contributed by atoms with E-state index in [4.69, 9.17) is 0 Å². The van der Waals surface area contributed by atoms with Crippen molar-refractivity contribution in [1.82, 2.24) is 5.32 Å². The Hall–Kier alpha value is -0.990. The van der Waals surface area contributed by atoms with Crippen LogP contribution in [0.25, 0.3) is 10.8 Å². The van der Waals surface area contributed by atoms with Crippen molar-refractivity contribution in [3.8, 4) is 0 Å². The van der Waals surface area contributed by atoms with Gasteiger partial charge in [-0.2, -0.15) is 11.8 Å². The Morgan fingerprint density at radius 1 is 1.11 bits per heavy atom. The normalized spacial score (nSPS) is 12.8. The number of fused-ring (bicyclic) bond motifs is 1. The third kappa shape index (κ3) is 3.76. The summed E-state index contributed by atoms with van der Waals surface area (Å²) in [6.07, 6.45) is 2.17. The summed E-state index contributed by atoms with van der Waals surface area (Å²) in [6.45, 7) is 4.35. The molecule has 0 bridgehead atoms. The molecule has 2 rings (SSSR count). The second kappa shape index (κ2) is 6.81. The molecule has 0 amide bonds. The number of hydrogen-bond acceptors (Lipinski definition) is 2. The summed E-state index contributed by atoms with van der Waals surface area (Å²) in [5.41, 5.74) is 1.37. The molecule has 0 aromatic heterocycles. The first-order chi connectivity index (χ1) is 8.79. The van der Waals surface area contributed by atoms with Gasteiger partial charge < -0.3 is 5.32 Å². The molecule has 0 aliphatic carbocycles. The Kier molecular flexibility index (Phi) is 5.09. The molecule has 2 aromatic rings. The Labute approximate surface area is 114 Å². The van der Waals surface area contributed by atoms with Crippen LogP contribution in [0.5, 0.6) is 0 Å². The van der Waals surface area contributed by atoms with E-state index in [1.54, 1.807) is 0 Å². The summed E-state index contributed by atoms with van der Waals surface area (Å²) >= 11 is 1.92. The van der Waals surface area contributed by atoms with Gasteiger partial charge in [0.1, 0.15) is 0 Å². The summed E-state index contributed by atoms with van der Waals surface area (Å²) in [5, 5.41) is 6.18. The molecule has 1 N–H and O–H groups in total. The smallest absolute Gasteiger partial charge is 0.0205 e. The van der Waals surface area contributed by atoms with Crippen LogP contribution in [-0.4, -0.2) is 18.6 Å². The van der Waals surface area contributed by atoms with E-state index in [9.17, 15) is 0 Å². The molecule has 96 valence electrons. The highest BCUT2D eigenvalue weighted by molar-refractivity contribution is 7.98. The summed E-state index contributed by atoms with van der Waals surface area (Å²) in [7, 11) is 0. The average Bonchev–Trinajstić information content (AvgIpc) is 2.39. The van der Waals surface area contributed by atoms with Gasteiger partial charge in [0.25, 0.3) is 0 Å². The van der Waals surface area contributed by atoms with Gasteiger partial charge in [0.2, 0.25) is 0 Å². The van der Waals surface area contributed by atoms with Crippen molar-refractivity contribution < 1.29 is 0 Å². The van der Waals surface area contributed by atoms with Gasteiger partial charge in [-0.25, -0.2) is 0 Å². The van der Waals surface area contributed by atoms with Gasteiger partial charge in [0.15, 0.2) is 0 Å². The second-order valence-electron chi connectivity index (χ2n) is 4.87. The van der Waals surface area contributed by atoms with Gasteiger partial charge in [-0.15, -0.1) is 0 Å². The fourth-order valence-electron chi connectivity index (χ4n) is 2.16. The highest BCUT2D eigenvalue weighted by Crippen LogP contribution is 2.15. The maximum Gasteiger partial charge on any atom is 0.0205 e. The minimum atomic E-state index is 0.737. The molecule has 1 nitrogen and oxygen atoms in total. The van der Waals surface area contributed by atoms with E-state index < -0.39 is 0 Å². The van der Waals surface area contributed by atoms with E-state index in [2.05, 4.69) is 61.0 Å². The lowest BCUT2D eigenvalue weighted by Crippen LogP contribution is -2.21. The van der Waals surface area contributed by atoms with Gasteiger partial charge in [0, 0.05) is 6.54 Å². The van der Waals surface area contributed by atoms with Crippen LogP contribution in [0.15, 0.2) is 42.5 Å². The van der Waals surface area contributed by atoms with Gasteiger partial charge in [-0.3, -0.25) is 0 Å². The van der Waals surface area contributed by atoms with Crippen molar-refractivity contribution in [3.05, 3.63) is 48.0 Å². The lowest BCUT2D eigenvalue weighted by atomic mass is 10.1. The molecule has 0 aliphatic rings. The van der Waals surface area contributed by atoms with Crippen LogP contribution in [0.4, 0.5) is 0 Å². The van der Waals surface area contributed by atoms with Crippen molar-refractivity contribution >= 4 is 22.5 Å². The minimum absolute atomic E-state index is 0.737. The first-order valence-corrected chi connectivity index (χ1v) is 7.86. The molecule has 2 aromatic carbocycles. The molecule has 0 fully saturated rings. The summed E-state index contributed by atoms with van der Waals surface area (Å²) in [6, 6.07) is 15.2. The quantitative estimate of drug-likeness (QED) is 0.843. The number of hydrogen-bond donors (Lipinski definition) is 1. The Morgan fingerprint density at radius 2 is 1.89 bits per heavy atom. The average molecular weight is 259 g/mol. The zero-order chi connectivity index (χ0) is 12.8. The molecular formula is C16H21NS. The van der Waals surface area contributed by atoms with E-state index in [0.717, 1.165) is 19.0 Å². The Bertz CT molecular complexity index is 495. The Morgan fingerprint density at radius 3 is 2.67 bits per heavy atom. The van der Waals surface area contributed by atoms with Crippen LogP contribution in [0.3, 0.4) is 0 Å². The van der Waals surface area contributed by atoms with Gasteiger partial charge in [0.05, 0.1) is 0 Å². The fraction of sp³-hybridized carbons (Fsp3) is 0.375. The maximum atomic E-state index is 3.54. The number of benzene rings is 2. The molecule has 1 atom stereocenters. The van der Waals surface area contributed by atoms with E-state index in [1.165, 1.54) is 22.1 Å². The van der Waals surface area contributed by atoms with Gasteiger partial charge in [-0.1, -0.05) is 43.3 Å². The molecule has 0 spiro atoms. The monoisotopic (exact) mass is 259 g/mol. The van der Waals surface area contributed by atoms with E-state index in [-0.39, 0.29) is 0 Å². The van der Waals surface area contributed by atoms with Crippen molar-refractivity contribution in [2.75, 3.05) is 18.6 Å². The molecular weight excluding hydrogens is 238 g/mol. The van der Waals surface area contributed by atoms with Crippen LogP contribution in [0.2, 0.25) is 0 Å². The lowest BCUT2D eigenvalue weighted by Gasteiger charge is -2.11. The number of nitrogens with one attached hydrogen (secondary N) is 1. The SMILES string of the molecule is CSCC(C)CNCc1ccc2ccccc2c1. The molecule has 0 radical (unpaired) electrons.